The highest BCUT2D eigenvalue weighted by atomic mass is 35.5. The average Bonchev–Trinajstić information content (AvgIpc) is 2.92. The summed E-state index contributed by atoms with van der Waals surface area (Å²) in [5.41, 5.74) is 12.8. The Morgan fingerprint density at radius 2 is 2.00 bits per heavy atom. The number of aromatic nitrogens is 5. The highest BCUT2D eigenvalue weighted by molar-refractivity contribution is 7.99. The number of nitrogens with zero attached hydrogens (tertiary/aromatic N) is 6. The van der Waals surface area contributed by atoms with E-state index < -0.39 is 11.5 Å². The summed E-state index contributed by atoms with van der Waals surface area (Å²) in [6, 6.07) is 5.19. The van der Waals surface area contributed by atoms with Crippen LogP contribution in [0.1, 0.15) is 35.8 Å². The van der Waals surface area contributed by atoms with Crippen LogP contribution in [0.25, 0.3) is 5.65 Å². The minimum atomic E-state index is -0.615. The standard InChI is InChI=1S/C26H28ClN9O2S/c1-15-20(25(38)36-11-8-30-12-19(36)32-15)23(37)33-16-4-3-5-17(21(16)27)39-24-22(29)34-18(13-31-24)35-9-6-26(2,14-28)7-10-35/h3-5,8,11-13H,6-7,9-10,14,28H2,1-2H3,(H2,29,34)(H,33,37). The number of halogens is 1. The van der Waals surface area contributed by atoms with Gasteiger partial charge in [-0.05, 0) is 43.9 Å². The van der Waals surface area contributed by atoms with Crippen LogP contribution in [0.3, 0.4) is 0 Å². The number of nitrogens with two attached hydrogens (primary N) is 2. The maximum atomic E-state index is 13.1. The highest BCUT2D eigenvalue weighted by Crippen LogP contribution is 2.39. The van der Waals surface area contributed by atoms with E-state index in [1.807, 2.05) is 0 Å². The SMILES string of the molecule is Cc1nc2cnccn2c(=O)c1C(=O)Nc1cccc(Sc2ncc(N3CCC(C)(CN)CC3)nc2N)c1Cl. The Kier molecular flexibility index (Phi) is 7.43. The number of hydrogen-bond acceptors (Lipinski definition) is 10. The number of fused-ring (bicyclic) bond motifs is 1. The van der Waals surface area contributed by atoms with Gasteiger partial charge in [-0.25, -0.2) is 15.0 Å². The monoisotopic (exact) mass is 565 g/mol. The zero-order chi connectivity index (χ0) is 27.7. The molecular formula is C26H28ClN9O2S. The molecule has 0 atom stereocenters. The second-order valence-electron chi connectivity index (χ2n) is 9.78. The predicted molar refractivity (Wildman–Crippen MR) is 153 cm³/mol. The molecule has 0 bridgehead atoms. The molecule has 1 aliphatic heterocycles. The fourth-order valence-electron chi connectivity index (χ4n) is 4.44. The van der Waals surface area contributed by atoms with E-state index in [9.17, 15) is 9.59 Å². The Bertz CT molecular complexity index is 1620. The maximum Gasteiger partial charge on any atom is 0.271 e. The Balaban J connectivity index is 1.34. The van der Waals surface area contributed by atoms with Crippen LogP contribution in [0, 0.1) is 12.3 Å². The molecule has 0 spiro atoms. The van der Waals surface area contributed by atoms with Crippen molar-refractivity contribution in [2.75, 3.05) is 35.6 Å². The van der Waals surface area contributed by atoms with Gasteiger partial charge in [-0.3, -0.25) is 19.0 Å². The summed E-state index contributed by atoms with van der Waals surface area (Å²) in [6.07, 6.45) is 8.04. The summed E-state index contributed by atoms with van der Waals surface area (Å²) in [5, 5.41) is 3.52. The molecule has 1 amide bonds. The fraction of sp³-hybridized carbons (Fsp3) is 0.308. The molecule has 1 aliphatic rings. The van der Waals surface area contributed by atoms with Crippen LogP contribution in [0.4, 0.5) is 17.3 Å². The quantitative estimate of drug-likeness (QED) is 0.316. The fourth-order valence-corrected chi connectivity index (χ4v) is 5.54. The van der Waals surface area contributed by atoms with Gasteiger partial charge in [-0.1, -0.05) is 36.4 Å². The predicted octanol–water partition coefficient (Wildman–Crippen LogP) is 3.39. The summed E-state index contributed by atoms with van der Waals surface area (Å²) in [4.78, 5) is 46.3. The summed E-state index contributed by atoms with van der Waals surface area (Å²) in [7, 11) is 0. The molecule has 0 radical (unpaired) electrons. The summed E-state index contributed by atoms with van der Waals surface area (Å²) >= 11 is 7.90. The van der Waals surface area contributed by atoms with Crippen molar-refractivity contribution < 1.29 is 4.79 Å². The first kappa shape index (κ1) is 26.9. The molecule has 5 rings (SSSR count). The van der Waals surface area contributed by atoms with Crippen molar-refractivity contribution in [1.82, 2.24) is 24.3 Å². The molecule has 4 heterocycles. The summed E-state index contributed by atoms with van der Waals surface area (Å²) in [6.45, 7) is 6.16. The second-order valence-corrected chi connectivity index (χ2v) is 11.2. The molecule has 4 aromatic rings. The second kappa shape index (κ2) is 10.8. The third-order valence-electron chi connectivity index (χ3n) is 7.00. The first-order valence-electron chi connectivity index (χ1n) is 12.4. The van der Waals surface area contributed by atoms with E-state index in [1.54, 1.807) is 31.3 Å². The van der Waals surface area contributed by atoms with Crippen LogP contribution >= 0.6 is 23.4 Å². The number of aryl methyl sites for hydroxylation is 1. The van der Waals surface area contributed by atoms with Gasteiger partial charge in [-0.2, -0.15) is 0 Å². The first-order valence-corrected chi connectivity index (χ1v) is 13.6. The van der Waals surface area contributed by atoms with Gasteiger partial charge in [0.25, 0.3) is 11.5 Å². The number of amides is 1. The normalized spacial score (nSPS) is 14.9. The number of benzene rings is 1. The van der Waals surface area contributed by atoms with Gasteiger partial charge in [0.15, 0.2) is 11.5 Å². The van der Waals surface area contributed by atoms with Crippen LogP contribution in [0.15, 0.2) is 57.7 Å². The Hall–Kier alpha value is -3.74. The summed E-state index contributed by atoms with van der Waals surface area (Å²) < 4.78 is 1.27. The van der Waals surface area contributed by atoms with Crippen molar-refractivity contribution in [3.63, 3.8) is 0 Å². The molecule has 0 unspecified atom stereocenters. The Morgan fingerprint density at radius 3 is 2.72 bits per heavy atom. The van der Waals surface area contributed by atoms with E-state index in [2.05, 4.69) is 37.1 Å². The largest absolute Gasteiger partial charge is 0.381 e. The summed E-state index contributed by atoms with van der Waals surface area (Å²) in [5.74, 6) is 0.399. The topological polar surface area (TPSA) is 157 Å². The van der Waals surface area contributed by atoms with Gasteiger partial charge in [0, 0.05) is 30.4 Å². The van der Waals surface area contributed by atoms with Crippen molar-refractivity contribution in [2.24, 2.45) is 11.1 Å². The van der Waals surface area contributed by atoms with Crippen molar-refractivity contribution in [1.29, 1.82) is 0 Å². The lowest BCUT2D eigenvalue weighted by molar-refractivity contribution is 0.102. The molecule has 1 aromatic carbocycles. The smallest absolute Gasteiger partial charge is 0.271 e. The lowest BCUT2D eigenvalue weighted by atomic mass is 9.80. The molecule has 39 heavy (non-hydrogen) atoms. The molecule has 5 N–H and O–H groups in total. The van der Waals surface area contributed by atoms with E-state index in [0.29, 0.717) is 27.8 Å². The molecule has 1 saturated heterocycles. The molecule has 3 aromatic heterocycles. The minimum Gasteiger partial charge on any atom is -0.381 e. The van der Waals surface area contributed by atoms with Crippen LogP contribution < -0.4 is 27.2 Å². The minimum absolute atomic E-state index is 0.0805. The van der Waals surface area contributed by atoms with Crippen molar-refractivity contribution >= 4 is 52.2 Å². The van der Waals surface area contributed by atoms with Crippen LogP contribution in [0.5, 0.6) is 0 Å². The molecular weight excluding hydrogens is 538 g/mol. The van der Waals surface area contributed by atoms with Gasteiger partial charge in [0.05, 0.1) is 28.8 Å². The van der Waals surface area contributed by atoms with Gasteiger partial charge in [0.2, 0.25) is 0 Å². The molecule has 0 saturated carbocycles. The zero-order valence-electron chi connectivity index (χ0n) is 21.5. The van der Waals surface area contributed by atoms with Crippen LogP contribution in [0.2, 0.25) is 5.02 Å². The average molecular weight is 566 g/mol. The first-order chi connectivity index (χ1) is 18.7. The van der Waals surface area contributed by atoms with Gasteiger partial charge >= 0.3 is 0 Å². The molecule has 11 nitrogen and oxygen atoms in total. The van der Waals surface area contributed by atoms with E-state index in [1.165, 1.54) is 34.8 Å². The Morgan fingerprint density at radius 1 is 1.23 bits per heavy atom. The third kappa shape index (κ3) is 5.40. The van der Waals surface area contributed by atoms with Crippen molar-refractivity contribution in [3.05, 3.63) is 69.6 Å². The number of rotatable bonds is 6. The van der Waals surface area contributed by atoms with E-state index in [0.717, 1.165) is 31.7 Å². The highest BCUT2D eigenvalue weighted by Gasteiger charge is 2.29. The van der Waals surface area contributed by atoms with E-state index in [4.69, 9.17) is 23.1 Å². The number of nitrogen functional groups attached to an aromatic ring is 1. The molecule has 1 fully saturated rings. The lowest BCUT2D eigenvalue weighted by Gasteiger charge is -2.39. The molecule has 13 heteroatoms. The van der Waals surface area contributed by atoms with Gasteiger partial charge in [-0.15, -0.1) is 0 Å². The maximum absolute atomic E-state index is 13.1. The van der Waals surface area contributed by atoms with Crippen molar-refractivity contribution in [2.45, 2.75) is 36.6 Å². The number of anilines is 3. The third-order valence-corrected chi connectivity index (χ3v) is 8.59. The van der Waals surface area contributed by atoms with Gasteiger partial charge in [0.1, 0.15) is 16.4 Å². The zero-order valence-corrected chi connectivity index (χ0v) is 23.1. The van der Waals surface area contributed by atoms with Crippen molar-refractivity contribution in [3.8, 4) is 0 Å². The van der Waals surface area contributed by atoms with Crippen LogP contribution in [-0.4, -0.2) is 49.9 Å². The van der Waals surface area contributed by atoms with E-state index in [-0.39, 0.29) is 27.5 Å². The molecule has 202 valence electrons. The van der Waals surface area contributed by atoms with Gasteiger partial charge < -0.3 is 21.7 Å². The Labute approximate surface area is 234 Å². The number of nitrogens with one attached hydrogen (secondary N) is 1. The number of hydrogen-bond donors (Lipinski definition) is 3. The number of carbonyl (C=O) groups is 1. The number of carbonyl (C=O) groups excluding carboxylic acids is 1. The molecule has 0 aliphatic carbocycles. The lowest BCUT2D eigenvalue weighted by Crippen LogP contribution is -2.42. The van der Waals surface area contributed by atoms with E-state index >= 15 is 0 Å². The van der Waals surface area contributed by atoms with Crippen LogP contribution in [-0.2, 0) is 0 Å². The number of piperidine rings is 1.